The molecule has 18 heavy (non-hydrogen) atoms. The van der Waals surface area contributed by atoms with Gasteiger partial charge in [-0.25, -0.2) is 0 Å². The van der Waals surface area contributed by atoms with Crippen LogP contribution in [0, 0.1) is 20.8 Å². The zero-order valence-electron chi connectivity index (χ0n) is 11.1. The van der Waals surface area contributed by atoms with Crippen LogP contribution < -0.4 is 5.30 Å². The van der Waals surface area contributed by atoms with Crippen LogP contribution in [0.25, 0.3) is 0 Å². The number of hydrogen-bond acceptors (Lipinski definition) is 1. The smallest absolute Gasteiger partial charge is 0.150 e. The number of aryl methyl sites for hydroxylation is 3. The lowest BCUT2D eigenvalue weighted by Crippen LogP contribution is -1.97. The Hall–Kier alpha value is -1.46. The van der Waals surface area contributed by atoms with Gasteiger partial charge in [0.1, 0.15) is 0 Å². The van der Waals surface area contributed by atoms with E-state index in [1.54, 1.807) is 6.07 Å². The second kappa shape index (κ2) is 7.08. The topological polar surface area (TPSA) is 17.1 Å². The molecule has 1 atom stereocenters. The Balaban J connectivity index is 0.000000180. The zero-order chi connectivity index (χ0) is 13.5. The Morgan fingerprint density at radius 2 is 1.33 bits per heavy atom. The van der Waals surface area contributed by atoms with Crippen LogP contribution in [-0.4, -0.2) is 6.29 Å². The van der Waals surface area contributed by atoms with Crippen LogP contribution in [0.5, 0.6) is 0 Å². The molecule has 0 fully saturated rings. The molecule has 0 saturated heterocycles. The molecule has 0 bridgehead atoms. The molecule has 94 valence electrons. The number of carbonyl (C=O) groups excluding carboxylic acids is 1. The molecule has 0 spiro atoms. The van der Waals surface area contributed by atoms with Crippen LogP contribution in [0.1, 0.15) is 27.0 Å². The number of benzene rings is 2. The van der Waals surface area contributed by atoms with Gasteiger partial charge in [-0.2, -0.15) is 0 Å². The summed E-state index contributed by atoms with van der Waals surface area (Å²) in [5, 5.41) is 0.951. The van der Waals surface area contributed by atoms with Gasteiger partial charge in [-0.15, -0.1) is 9.24 Å². The lowest BCUT2D eigenvalue weighted by atomic mass is 10.1. The highest BCUT2D eigenvalue weighted by molar-refractivity contribution is 7.27. The molecule has 1 nitrogen and oxygen atoms in total. The monoisotopic (exact) mass is 258 g/mol. The minimum atomic E-state index is 0.738. The maximum absolute atomic E-state index is 10.2. The molecule has 0 aliphatic rings. The third-order valence-electron chi connectivity index (χ3n) is 2.49. The van der Waals surface area contributed by atoms with Crippen molar-refractivity contribution in [1.29, 1.82) is 0 Å². The fourth-order valence-corrected chi connectivity index (χ4v) is 2.10. The largest absolute Gasteiger partial charge is 0.298 e. The van der Waals surface area contributed by atoms with Crippen molar-refractivity contribution >= 4 is 20.8 Å². The molecule has 0 saturated carbocycles. The number of hydrogen-bond donors (Lipinski definition) is 0. The second-order valence-corrected chi connectivity index (χ2v) is 5.03. The van der Waals surface area contributed by atoms with Gasteiger partial charge in [0, 0.05) is 5.56 Å². The molecule has 2 aromatic carbocycles. The minimum absolute atomic E-state index is 0.738. The first-order valence-electron chi connectivity index (χ1n) is 5.87. The van der Waals surface area contributed by atoms with Gasteiger partial charge in [-0.05, 0) is 26.1 Å². The normalized spacial score (nSPS) is 9.33. The first kappa shape index (κ1) is 14.6. The summed E-state index contributed by atoms with van der Waals surface area (Å²) in [6.45, 7) is 6.38. The maximum Gasteiger partial charge on any atom is 0.150 e. The van der Waals surface area contributed by atoms with E-state index in [2.05, 4.69) is 48.2 Å². The summed E-state index contributed by atoms with van der Waals surface area (Å²) >= 11 is 0. The molecule has 0 N–H and O–H groups in total. The van der Waals surface area contributed by atoms with E-state index in [0.29, 0.717) is 0 Å². The van der Waals surface area contributed by atoms with Crippen LogP contribution in [0.2, 0.25) is 0 Å². The summed E-state index contributed by atoms with van der Waals surface area (Å²) in [6.07, 6.45) is 0.850. The van der Waals surface area contributed by atoms with Crippen molar-refractivity contribution < 1.29 is 4.79 Å². The SMILES string of the molecule is Cc1cc(C)cc(C)c1.O=Cc1ccccc1P. The lowest BCUT2D eigenvalue weighted by Gasteiger charge is -1.96. The van der Waals surface area contributed by atoms with E-state index in [0.717, 1.165) is 17.2 Å². The van der Waals surface area contributed by atoms with Gasteiger partial charge in [0.25, 0.3) is 0 Å². The summed E-state index contributed by atoms with van der Waals surface area (Å²) in [4.78, 5) is 10.2. The van der Waals surface area contributed by atoms with Crippen LogP contribution in [0.4, 0.5) is 0 Å². The molecule has 0 aliphatic carbocycles. The van der Waals surface area contributed by atoms with E-state index in [4.69, 9.17) is 0 Å². The van der Waals surface area contributed by atoms with Crippen LogP contribution >= 0.6 is 9.24 Å². The minimum Gasteiger partial charge on any atom is -0.298 e. The molecule has 0 amide bonds. The van der Waals surface area contributed by atoms with E-state index in [1.165, 1.54) is 16.7 Å². The summed E-state index contributed by atoms with van der Waals surface area (Å²) < 4.78 is 0. The van der Waals surface area contributed by atoms with Gasteiger partial charge in [0.15, 0.2) is 6.29 Å². The van der Waals surface area contributed by atoms with Gasteiger partial charge in [0.05, 0.1) is 0 Å². The van der Waals surface area contributed by atoms with Crippen molar-refractivity contribution in [1.82, 2.24) is 0 Å². The molecular formula is C16H19OP. The fourth-order valence-electron chi connectivity index (χ4n) is 1.82. The van der Waals surface area contributed by atoms with Crippen molar-refractivity contribution in [2.45, 2.75) is 20.8 Å². The standard InChI is InChI=1S/C9H12.C7H7OP/c1-7-4-8(2)6-9(3)5-7;8-5-6-3-1-2-4-7(6)9/h4-6H,1-3H3;1-5H,9H2. The Morgan fingerprint density at radius 1 is 0.889 bits per heavy atom. The first-order valence-corrected chi connectivity index (χ1v) is 6.45. The molecule has 2 aromatic rings. The van der Waals surface area contributed by atoms with Crippen molar-refractivity contribution in [3.05, 3.63) is 64.7 Å². The van der Waals surface area contributed by atoms with Crippen LogP contribution in [-0.2, 0) is 0 Å². The van der Waals surface area contributed by atoms with Crippen molar-refractivity contribution in [2.24, 2.45) is 0 Å². The summed E-state index contributed by atoms with van der Waals surface area (Å²) in [5.41, 5.74) is 4.80. The van der Waals surface area contributed by atoms with Crippen LogP contribution in [0.15, 0.2) is 42.5 Å². The van der Waals surface area contributed by atoms with Gasteiger partial charge in [-0.1, -0.05) is 59.2 Å². The molecule has 0 heterocycles. The van der Waals surface area contributed by atoms with Gasteiger partial charge in [0.2, 0.25) is 0 Å². The molecular weight excluding hydrogens is 239 g/mol. The summed E-state index contributed by atoms with van der Waals surface area (Å²) in [5.74, 6) is 0. The Bertz CT molecular complexity index is 482. The predicted molar refractivity (Wildman–Crippen MR) is 81.8 cm³/mol. The van der Waals surface area contributed by atoms with Crippen molar-refractivity contribution in [2.75, 3.05) is 0 Å². The van der Waals surface area contributed by atoms with Crippen LogP contribution in [0.3, 0.4) is 0 Å². The molecule has 2 rings (SSSR count). The molecule has 0 aromatic heterocycles. The quantitative estimate of drug-likeness (QED) is 0.564. The maximum atomic E-state index is 10.2. The average Bonchev–Trinajstić information content (AvgIpc) is 2.28. The highest BCUT2D eigenvalue weighted by Gasteiger charge is 1.90. The molecule has 0 aliphatic heterocycles. The average molecular weight is 258 g/mol. The zero-order valence-corrected chi connectivity index (χ0v) is 12.3. The summed E-state index contributed by atoms with van der Waals surface area (Å²) in [7, 11) is 2.50. The first-order chi connectivity index (χ1) is 8.52. The highest BCUT2D eigenvalue weighted by Crippen LogP contribution is 2.06. The van der Waals surface area contributed by atoms with E-state index >= 15 is 0 Å². The molecule has 2 heteroatoms. The number of rotatable bonds is 1. The second-order valence-electron chi connectivity index (χ2n) is 4.41. The third kappa shape index (κ3) is 4.81. The highest BCUT2D eigenvalue weighted by atomic mass is 31.0. The Morgan fingerprint density at radius 3 is 1.67 bits per heavy atom. The predicted octanol–water partition coefficient (Wildman–Crippen LogP) is 3.61. The van der Waals surface area contributed by atoms with E-state index in [1.807, 2.05) is 18.2 Å². The number of aldehydes is 1. The Labute approximate surface area is 111 Å². The van der Waals surface area contributed by atoms with Gasteiger partial charge in [-0.3, -0.25) is 4.79 Å². The van der Waals surface area contributed by atoms with Gasteiger partial charge >= 0.3 is 0 Å². The van der Waals surface area contributed by atoms with E-state index in [9.17, 15) is 4.79 Å². The summed E-state index contributed by atoms with van der Waals surface area (Å²) in [6, 6.07) is 14.0. The van der Waals surface area contributed by atoms with E-state index in [-0.39, 0.29) is 0 Å². The lowest BCUT2D eigenvalue weighted by molar-refractivity contribution is 0.112. The molecule has 1 unspecified atom stereocenters. The van der Waals surface area contributed by atoms with Gasteiger partial charge < -0.3 is 0 Å². The third-order valence-corrected chi connectivity index (χ3v) is 3.01. The van der Waals surface area contributed by atoms with E-state index < -0.39 is 0 Å². The molecule has 0 radical (unpaired) electrons. The fraction of sp³-hybridized carbons (Fsp3) is 0.188. The number of carbonyl (C=O) groups is 1. The Kier molecular flexibility index (Phi) is 5.74. The van der Waals surface area contributed by atoms with Crippen molar-refractivity contribution in [3.8, 4) is 0 Å². The van der Waals surface area contributed by atoms with Crippen molar-refractivity contribution in [3.63, 3.8) is 0 Å².